The highest BCUT2D eigenvalue weighted by Crippen LogP contribution is 2.15. The summed E-state index contributed by atoms with van der Waals surface area (Å²) in [4.78, 5) is 7.71. The lowest BCUT2D eigenvalue weighted by Crippen LogP contribution is -2.27. The van der Waals surface area contributed by atoms with Crippen molar-refractivity contribution < 1.29 is 0 Å². The van der Waals surface area contributed by atoms with Gasteiger partial charge in [-0.1, -0.05) is 45.2 Å². The third-order valence-electron chi connectivity index (χ3n) is 3.62. The Hall–Kier alpha value is -0.540. The number of unbranched alkanes of at least 4 members (excludes halogenated alkanes) is 1. The standard InChI is InChI=1S/C15H28ClN3/c1-5-7-8-14-18-13(15(16)19-14)10-17-12(4)9-11(3)6-2/h11-12,17H,5-10H2,1-4H3,(H,18,19). The minimum atomic E-state index is 0.508. The highest BCUT2D eigenvalue weighted by atomic mass is 35.5. The quantitative estimate of drug-likeness (QED) is 0.709. The molecule has 1 heterocycles. The van der Waals surface area contributed by atoms with Crippen molar-refractivity contribution in [1.82, 2.24) is 15.3 Å². The maximum absolute atomic E-state index is 6.16. The van der Waals surface area contributed by atoms with Gasteiger partial charge in [-0.2, -0.15) is 0 Å². The first kappa shape index (κ1) is 16.5. The molecule has 0 amide bonds. The van der Waals surface area contributed by atoms with Crippen molar-refractivity contribution >= 4 is 11.6 Å². The Morgan fingerprint density at radius 2 is 2.05 bits per heavy atom. The van der Waals surface area contributed by atoms with Crippen LogP contribution in [0.15, 0.2) is 0 Å². The average molecular weight is 286 g/mol. The molecule has 1 rings (SSSR count). The van der Waals surface area contributed by atoms with Crippen LogP contribution in [0.2, 0.25) is 5.15 Å². The predicted molar refractivity (Wildman–Crippen MR) is 82.6 cm³/mol. The normalized spacial score (nSPS) is 14.6. The Balaban J connectivity index is 2.42. The predicted octanol–water partition coefficient (Wildman–Crippen LogP) is 4.32. The summed E-state index contributed by atoms with van der Waals surface area (Å²) in [6.45, 7) is 9.72. The molecule has 0 aromatic carbocycles. The number of imidazole rings is 1. The number of rotatable bonds is 9. The summed E-state index contributed by atoms with van der Waals surface area (Å²) in [5, 5.41) is 4.14. The lowest BCUT2D eigenvalue weighted by molar-refractivity contribution is 0.410. The van der Waals surface area contributed by atoms with Crippen LogP contribution in [0, 0.1) is 5.92 Å². The van der Waals surface area contributed by atoms with Crippen LogP contribution in [0.5, 0.6) is 0 Å². The van der Waals surface area contributed by atoms with E-state index in [4.69, 9.17) is 11.6 Å². The Kier molecular flexibility index (Phi) is 7.47. The number of hydrogen-bond acceptors (Lipinski definition) is 2. The summed E-state index contributed by atoms with van der Waals surface area (Å²) in [5.74, 6) is 1.78. The molecule has 0 saturated heterocycles. The number of aromatic amines is 1. The van der Waals surface area contributed by atoms with Gasteiger partial charge in [0.1, 0.15) is 5.82 Å². The molecule has 0 aliphatic carbocycles. The van der Waals surface area contributed by atoms with Crippen molar-refractivity contribution in [1.29, 1.82) is 0 Å². The van der Waals surface area contributed by atoms with E-state index in [1.165, 1.54) is 19.3 Å². The van der Waals surface area contributed by atoms with Gasteiger partial charge in [0, 0.05) is 19.0 Å². The average Bonchev–Trinajstić information content (AvgIpc) is 2.74. The first-order valence-electron chi connectivity index (χ1n) is 7.53. The molecule has 0 saturated carbocycles. The second kappa shape index (κ2) is 8.60. The molecule has 4 heteroatoms. The van der Waals surface area contributed by atoms with E-state index in [-0.39, 0.29) is 0 Å². The van der Waals surface area contributed by atoms with Gasteiger partial charge in [0.15, 0.2) is 5.15 Å². The maximum Gasteiger partial charge on any atom is 0.151 e. The van der Waals surface area contributed by atoms with E-state index in [1.807, 2.05) is 0 Å². The number of hydrogen-bond donors (Lipinski definition) is 2. The number of halogens is 1. The van der Waals surface area contributed by atoms with Gasteiger partial charge < -0.3 is 10.3 Å². The first-order valence-corrected chi connectivity index (χ1v) is 7.91. The number of aryl methyl sites for hydroxylation is 1. The second-order valence-corrected chi connectivity index (χ2v) is 5.95. The zero-order valence-electron chi connectivity index (χ0n) is 12.7. The zero-order valence-corrected chi connectivity index (χ0v) is 13.5. The molecule has 0 fully saturated rings. The summed E-state index contributed by atoms with van der Waals surface area (Å²) in [6.07, 6.45) is 5.75. The van der Waals surface area contributed by atoms with Gasteiger partial charge in [-0.25, -0.2) is 4.98 Å². The monoisotopic (exact) mass is 285 g/mol. The Morgan fingerprint density at radius 1 is 1.32 bits per heavy atom. The van der Waals surface area contributed by atoms with Crippen LogP contribution >= 0.6 is 11.6 Å². The lowest BCUT2D eigenvalue weighted by Gasteiger charge is -2.17. The van der Waals surface area contributed by atoms with Gasteiger partial charge >= 0.3 is 0 Å². The van der Waals surface area contributed by atoms with Crippen molar-refractivity contribution in [3.63, 3.8) is 0 Å². The van der Waals surface area contributed by atoms with Gasteiger partial charge in [-0.15, -0.1) is 0 Å². The van der Waals surface area contributed by atoms with E-state index >= 15 is 0 Å². The highest BCUT2D eigenvalue weighted by molar-refractivity contribution is 6.30. The zero-order chi connectivity index (χ0) is 14.3. The second-order valence-electron chi connectivity index (χ2n) is 5.59. The van der Waals surface area contributed by atoms with Gasteiger partial charge in [-0.05, 0) is 25.7 Å². The summed E-state index contributed by atoms with van der Waals surface area (Å²) in [6, 6.07) is 0.508. The summed E-state index contributed by atoms with van der Waals surface area (Å²) in [5.41, 5.74) is 1.02. The van der Waals surface area contributed by atoms with E-state index in [0.717, 1.165) is 36.8 Å². The van der Waals surface area contributed by atoms with Gasteiger partial charge in [-0.3, -0.25) is 0 Å². The molecular weight excluding hydrogens is 258 g/mol. The summed E-state index contributed by atoms with van der Waals surface area (Å²) < 4.78 is 0. The summed E-state index contributed by atoms with van der Waals surface area (Å²) >= 11 is 6.16. The Labute approximate surface area is 122 Å². The minimum absolute atomic E-state index is 0.508. The van der Waals surface area contributed by atoms with Crippen molar-refractivity contribution in [2.24, 2.45) is 5.92 Å². The van der Waals surface area contributed by atoms with E-state index in [1.54, 1.807) is 0 Å². The Bertz CT molecular complexity index is 362. The maximum atomic E-state index is 6.16. The molecule has 0 aliphatic rings. The van der Waals surface area contributed by atoms with E-state index in [9.17, 15) is 0 Å². The van der Waals surface area contributed by atoms with Crippen LogP contribution in [0.4, 0.5) is 0 Å². The van der Waals surface area contributed by atoms with Crippen molar-refractivity contribution in [3.05, 3.63) is 16.7 Å². The molecule has 3 nitrogen and oxygen atoms in total. The number of nitrogens with zero attached hydrogens (tertiary/aromatic N) is 1. The van der Waals surface area contributed by atoms with Crippen LogP contribution in [0.3, 0.4) is 0 Å². The first-order chi connectivity index (χ1) is 9.06. The van der Waals surface area contributed by atoms with Crippen molar-refractivity contribution in [3.8, 4) is 0 Å². The fourth-order valence-corrected chi connectivity index (χ4v) is 2.37. The SMILES string of the molecule is CCCCc1nc(Cl)c(CNC(C)CC(C)CC)[nH]1. The van der Waals surface area contributed by atoms with Crippen LogP contribution in [0.1, 0.15) is 64.9 Å². The van der Waals surface area contributed by atoms with Crippen molar-refractivity contribution in [2.75, 3.05) is 0 Å². The van der Waals surface area contributed by atoms with Crippen LogP contribution in [-0.2, 0) is 13.0 Å². The number of H-pyrrole nitrogens is 1. The van der Waals surface area contributed by atoms with Crippen molar-refractivity contribution in [2.45, 2.75) is 72.4 Å². The number of nitrogens with one attached hydrogen (secondary N) is 2. The van der Waals surface area contributed by atoms with E-state index < -0.39 is 0 Å². The fraction of sp³-hybridized carbons (Fsp3) is 0.800. The summed E-state index contributed by atoms with van der Waals surface area (Å²) in [7, 11) is 0. The molecule has 0 aliphatic heterocycles. The molecule has 0 radical (unpaired) electrons. The molecule has 19 heavy (non-hydrogen) atoms. The molecule has 1 aromatic heterocycles. The topological polar surface area (TPSA) is 40.7 Å². The largest absolute Gasteiger partial charge is 0.344 e. The molecular formula is C15H28ClN3. The molecule has 2 unspecified atom stereocenters. The van der Waals surface area contributed by atoms with Crippen LogP contribution < -0.4 is 5.32 Å². The number of aromatic nitrogens is 2. The molecule has 2 atom stereocenters. The minimum Gasteiger partial charge on any atom is -0.344 e. The molecule has 0 spiro atoms. The Morgan fingerprint density at radius 3 is 2.68 bits per heavy atom. The van der Waals surface area contributed by atoms with Crippen LogP contribution in [-0.4, -0.2) is 16.0 Å². The van der Waals surface area contributed by atoms with Crippen LogP contribution in [0.25, 0.3) is 0 Å². The smallest absolute Gasteiger partial charge is 0.151 e. The molecule has 110 valence electrons. The van der Waals surface area contributed by atoms with E-state index in [0.29, 0.717) is 11.2 Å². The van der Waals surface area contributed by atoms with Gasteiger partial charge in [0.25, 0.3) is 0 Å². The lowest BCUT2D eigenvalue weighted by atomic mass is 10.0. The molecule has 2 N–H and O–H groups in total. The van der Waals surface area contributed by atoms with Gasteiger partial charge in [0.2, 0.25) is 0 Å². The molecule has 0 bridgehead atoms. The third kappa shape index (κ3) is 5.96. The molecule has 1 aromatic rings. The third-order valence-corrected chi connectivity index (χ3v) is 3.94. The fourth-order valence-electron chi connectivity index (χ4n) is 2.15. The van der Waals surface area contributed by atoms with E-state index in [2.05, 4.69) is 43.0 Å². The highest BCUT2D eigenvalue weighted by Gasteiger charge is 2.11. The van der Waals surface area contributed by atoms with Gasteiger partial charge in [0.05, 0.1) is 5.69 Å².